The molecule has 1 atom stereocenters. The van der Waals surface area contributed by atoms with Crippen molar-refractivity contribution in [3.05, 3.63) is 33.8 Å². The maximum Gasteiger partial charge on any atom is 0.0738 e. The lowest BCUT2D eigenvalue weighted by Crippen LogP contribution is -2.31. The molecule has 0 aromatic carbocycles. The molecule has 18 heavy (non-hydrogen) atoms. The van der Waals surface area contributed by atoms with Crippen molar-refractivity contribution in [2.45, 2.75) is 19.4 Å². The average molecular weight is 313 g/mol. The molecular weight excluding hydrogens is 296 g/mol. The normalized spacial score (nSPS) is 12.9. The van der Waals surface area contributed by atoms with Gasteiger partial charge in [0, 0.05) is 26.7 Å². The molecule has 2 aromatic heterocycles. The molecule has 6 nitrogen and oxygen atoms in total. The fourth-order valence-corrected chi connectivity index (χ4v) is 2.57. The first-order valence-corrected chi connectivity index (χ1v) is 6.46. The lowest BCUT2D eigenvalue weighted by Gasteiger charge is -2.16. The Hall–Kier alpha value is -1.18. The van der Waals surface area contributed by atoms with Crippen LogP contribution in [0.15, 0.2) is 16.7 Å². The Balaban J connectivity index is 2.29. The number of halogens is 1. The molecule has 0 bridgehead atoms. The van der Waals surface area contributed by atoms with E-state index in [1.165, 1.54) is 0 Å². The van der Waals surface area contributed by atoms with Gasteiger partial charge in [-0.25, -0.2) is 0 Å². The summed E-state index contributed by atoms with van der Waals surface area (Å²) in [6.45, 7) is 1.97. The zero-order chi connectivity index (χ0) is 13.3. The molecular formula is C11H17BrN6. The Morgan fingerprint density at radius 2 is 2.17 bits per heavy atom. The molecule has 0 saturated heterocycles. The van der Waals surface area contributed by atoms with Crippen LogP contribution < -0.4 is 11.3 Å². The summed E-state index contributed by atoms with van der Waals surface area (Å²) in [5.74, 6) is 5.65. The van der Waals surface area contributed by atoms with Crippen molar-refractivity contribution < 1.29 is 0 Å². The highest BCUT2D eigenvalue weighted by Gasteiger charge is 2.19. The first-order valence-electron chi connectivity index (χ1n) is 5.66. The second kappa shape index (κ2) is 5.21. The summed E-state index contributed by atoms with van der Waals surface area (Å²) < 4.78 is 4.73. The maximum atomic E-state index is 5.65. The van der Waals surface area contributed by atoms with Gasteiger partial charge < -0.3 is 0 Å². The second-order valence-electron chi connectivity index (χ2n) is 4.27. The molecule has 0 fully saturated rings. The number of nitrogens with two attached hydrogens (primary N) is 1. The zero-order valence-corrected chi connectivity index (χ0v) is 12.3. The molecule has 0 radical (unpaired) electrons. The molecule has 0 spiro atoms. The van der Waals surface area contributed by atoms with Crippen LogP contribution in [0.1, 0.15) is 23.1 Å². The Morgan fingerprint density at radius 1 is 1.44 bits per heavy atom. The second-order valence-corrected chi connectivity index (χ2v) is 5.07. The van der Waals surface area contributed by atoms with E-state index < -0.39 is 0 Å². The van der Waals surface area contributed by atoms with Crippen LogP contribution in [-0.4, -0.2) is 19.6 Å². The van der Waals surface area contributed by atoms with Crippen molar-refractivity contribution >= 4 is 15.9 Å². The van der Waals surface area contributed by atoms with Gasteiger partial charge in [-0.05, 0) is 28.9 Å². The van der Waals surface area contributed by atoms with Crippen molar-refractivity contribution in [3.63, 3.8) is 0 Å². The van der Waals surface area contributed by atoms with Gasteiger partial charge in [0.15, 0.2) is 0 Å². The third kappa shape index (κ3) is 2.33. The van der Waals surface area contributed by atoms with Gasteiger partial charge in [-0.15, -0.1) is 0 Å². The van der Waals surface area contributed by atoms with E-state index in [0.717, 1.165) is 28.0 Å². The van der Waals surface area contributed by atoms with Crippen LogP contribution >= 0.6 is 15.9 Å². The molecule has 2 aromatic rings. The smallest absolute Gasteiger partial charge is 0.0738 e. The Kier molecular flexibility index (Phi) is 3.84. The fraction of sp³-hybridized carbons (Fsp3) is 0.455. The summed E-state index contributed by atoms with van der Waals surface area (Å²) in [6.07, 6.45) is 2.51. The summed E-state index contributed by atoms with van der Waals surface area (Å²) in [6, 6.07) is 1.96. The summed E-state index contributed by atoms with van der Waals surface area (Å²) in [4.78, 5) is 0. The van der Waals surface area contributed by atoms with E-state index in [1.54, 1.807) is 6.20 Å². The molecule has 0 amide bonds. The molecule has 98 valence electrons. The van der Waals surface area contributed by atoms with E-state index in [-0.39, 0.29) is 6.04 Å². The minimum Gasteiger partial charge on any atom is -0.271 e. The number of nitrogens with one attached hydrogen (secondary N) is 1. The lowest BCUT2D eigenvalue weighted by molar-refractivity contribution is 0.493. The van der Waals surface area contributed by atoms with Gasteiger partial charge in [-0.2, -0.15) is 10.2 Å². The van der Waals surface area contributed by atoms with Crippen LogP contribution in [-0.2, 0) is 20.5 Å². The highest BCUT2D eigenvalue weighted by Crippen LogP contribution is 2.25. The molecule has 1 unspecified atom stereocenters. The SMILES string of the molecule is Cc1nn(C)c(CC(NN)c2ccnn2C)c1Br. The number of hydrogen-bond donors (Lipinski definition) is 2. The highest BCUT2D eigenvalue weighted by molar-refractivity contribution is 9.10. The fourth-order valence-electron chi connectivity index (χ4n) is 2.07. The van der Waals surface area contributed by atoms with Crippen molar-refractivity contribution in [1.29, 1.82) is 0 Å². The van der Waals surface area contributed by atoms with Gasteiger partial charge in [0.25, 0.3) is 0 Å². The van der Waals surface area contributed by atoms with E-state index in [9.17, 15) is 0 Å². The predicted molar refractivity (Wildman–Crippen MR) is 72.6 cm³/mol. The van der Waals surface area contributed by atoms with Crippen LogP contribution in [0.2, 0.25) is 0 Å². The Morgan fingerprint density at radius 3 is 2.61 bits per heavy atom. The van der Waals surface area contributed by atoms with Gasteiger partial charge in [0.05, 0.1) is 27.6 Å². The van der Waals surface area contributed by atoms with E-state index in [4.69, 9.17) is 5.84 Å². The number of rotatable bonds is 4. The summed E-state index contributed by atoms with van der Waals surface area (Å²) in [5.41, 5.74) is 5.97. The van der Waals surface area contributed by atoms with Gasteiger partial charge >= 0.3 is 0 Å². The van der Waals surface area contributed by atoms with E-state index >= 15 is 0 Å². The number of hydrogen-bond acceptors (Lipinski definition) is 4. The molecule has 7 heteroatoms. The first kappa shape index (κ1) is 13.3. The lowest BCUT2D eigenvalue weighted by atomic mass is 10.1. The quantitative estimate of drug-likeness (QED) is 0.652. The number of hydrazine groups is 1. The van der Waals surface area contributed by atoms with E-state index in [0.29, 0.717) is 0 Å². The van der Waals surface area contributed by atoms with Gasteiger partial charge in [-0.3, -0.25) is 20.6 Å². The predicted octanol–water partition coefficient (Wildman–Crippen LogP) is 0.972. The standard InChI is InChI=1S/C11H17BrN6/c1-7-11(12)10(18(3)16-7)6-8(15-13)9-4-5-14-17(9)2/h4-5,8,15H,6,13H2,1-3H3. The Labute approximate surface area is 114 Å². The van der Waals surface area contributed by atoms with Crippen molar-refractivity contribution in [2.75, 3.05) is 0 Å². The first-order chi connectivity index (χ1) is 8.54. The third-order valence-electron chi connectivity index (χ3n) is 3.08. The number of nitrogens with zero attached hydrogens (tertiary/aromatic N) is 4. The number of aromatic nitrogens is 4. The van der Waals surface area contributed by atoms with Gasteiger partial charge in [0.2, 0.25) is 0 Å². The molecule has 0 aliphatic heterocycles. The Bertz CT molecular complexity index is 544. The topological polar surface area (TPSA) is 73.7 Å². The molecule has 2 heterocycles. The average Bonchev–Trinajstić information content (AvgIpc) is 2.84. The van der Waals surface area contributed by atoms with Crippen molar-refractivity contribution in [1.82, 2.24) is 25.0 Å². The zero-order valence-electron chi connectivity index (χ0n) is 10.7. The summed E-state index contributed by atoms with van der Waals surface area (Å²) in [7, 11) is 3.84. The molecule has 2 rings (SSSR count). The van der Waals surface area contributed by atoms with Crippen LogP contribution in [0.3, 0.4) is 0 Å². The number of aryl methyl sites for hydroxylation is 3. The maximum absolute atomic E-state index is 5.65. The van der Waals surface area contributed by atoms with Crippen LogP contribution in [0, 0.1) is 6.92 Å². The molecule has 0 saturated carbocycles. The van der Waals surface area contributed by atoms with Crippen LogP contribution in [0.5, 0.6) is 0 Å². The van der Waals surface area contributed by atoms with Crippen LogP contribution in [0.4, 0.5) is 0 Å². The molecule has 0 aliphatic rings. The van der Waals surface area contributed by atoms with Crippen LogP contribution in [0.25, 0.3) is 0 Å². The summed E-state index contributed by atoms with van der Waals surface area (Å²) in [5, 5.41) is 8.54. The largest absolute Gasteiger partial charge is 0.271 e. The van der Waals surface area contributed by atoms with Crippen molar-refractivity contribution in [3.8, 4) is 0 Å². The van der Waals surface area contributed by atoms with E-state index in [1.807, 2.05) is 36.4 Å². The van der Waals surface area contributed by atoms with Gasteiger partial charge in [0.1, 0.15) is 0 Å². The molecule has 3 N–H and O–H groups in total. The molecule has 0 aliphatic carbocycles. The van der Waals surface area contributed by atoms with Gasteiger partial charge in [-0.1, -0.05) is 0 Å². The monoisotopic (exact) mass is 312 g/mol. The highest BCUT2D eigenvalue weighted by atomic mass is 79.9. The van der Waals surface area contributed by atoms with E-state index in [2.05, 4.69) is 31.6 Å². The minimum absolute atomic E-state index is 0.00333. The minimum atomic E-state index is 0.00333. The van der Waals surface area contributed by atoms with Crippen molar-refractivity contribution in [2.24, 2.45) is 19.9 Å². The third-order valence-corrected chi connectivity index (χ3v) is 4.11. The summed E-state index contributed by atoms with van der Waals surface area (Å²) >= 11 is 3.57.